The summed E-state index contributed by atoms with van der Waals surface area (Å²) >= 11 is 0. The highest BCUT2D eigenvalue weighted by molar-refractivity contribution is 6.00. The lowest BCUT2D eigenvalue weighted by molar-refractivity contribution is -0.141. The van der Waals surface area contributed by atoms with Crippen molar-refractivity contribution in [3.63, 3.8) is 0 Å². The number of rotatable bonds is 11. The molecule has 0 aliphatic heterocycles. The van der Waals surface area contributed by atoms with Gasteiger partial charge in [-0.05, 0) is 93.0 Å². The largest absolute Gasteiger partial charge is 0.444 e. The van der Waals surface area contributed by atoms with Crippen LogP contribution in [0, 0.1) is 19.8 Å². The molecule has 0 radical (unpaired) electrons. The van der Waals surface area contributed by atoms with E-state index in [4.69, 9.17) is 4.74 Å². The van der Waals surface area contributed by atoms with Gasteiger partial charge in [0.05, 0.1) is 0 Å². The number of aryl methyl sites for hydroxylation is 2. The van der Waals surface area contributed by atoms with Gasteiger partial charge in [-0.2, -0.15) is 0 Å². The van der Waals surface area contributed by atoms with Crippen molar-refractivity contribution in [3.8, 4) is 0 Å². The second kappa shape index (κ2) is 14.3. The van der Waals surface area contributed by atoms with Crippen LogP contribution in [0.1, 0.15) is 83.5 Å². The lowest BCUT2D eigenvalue weighted by atomic mass is 9.96. The Morgan fingerprint density at radius 3 is 2.21 bits per heavy atom. The average molecular weight is 574 g/mol. The van der Waals surface area contributed by atoms with Crippen LogP contribution in [0.15, 0.2) is 60.7 Å². The molecule has 2 N–H and O–H groups in total. The van der Waals surface area contributed by atoms with Crippen molar-refractivity contribution in [2.45, 2.75) is 92.3 Å². The summed E-state index contributed by atoms with van der Waals surface area (Å²) < 4.78 is 5.50. The molecule has 42 heavy (non-hydrogen) atoms. The monoisotopic (exact) mass is 573 g/mol. The maximum absolute atomic E-state index is 14.4. The summed E-state index contributed by atoms with van der Waals surface area (Å²) in [5, 5.41) is 7.98. The Balaban J connectivity index is 2.05. The zero-order chi connectivity index (χ0) is 31.0. The summed E-state index contributed by atoms with van der Waals surface area (Å²) in [7, 11) is 0. The van der Waals surface area contributed by atoms with Crippen LogP contribution in [0.3, 0.4) is 0 Å². The first-order valence-electron chi connectivity index (χ1n) is 15.0. The van der Waals surface area contributed by atoms with Crippen LogP contribution in [0.5, 0.6) is 0 Å². The van der Waals surface area contributed by atoms with E-state index in [0.29, 0.717) is 25.1 Å². The standard InChI is InChI=1S/C35H47N3O4/c1-9-10-19-38(33(40)30(20-23(2)3)37-34(41)42-35(6,7)8)31(28-16-15-24(4)25(5)21-28)32(39)36-29-18-17-26-13-11-12-14-27(26)22-29/h11-18,21-23,30-31H,9-10,19-20H2,1-8H3,(H,36,39)(H,37,41). The van der Waals surface area contributed by atoms with Gasteiger partial charge in [0.1, 0.15) is 17.7 Å². The molecular weight excluding hydrogens is 526 g/mol. The highest BCUT2D eigenvalue weighted by atomic mass is 16.6. The van der Waals surface area contributed by atoms with Crippen molar-refractivity contribution in [2.75, 3.05) is 11.9 Å². The average Bonchev–Trinajstić information content (AvgIpc) is 2.90. The summed E-state index contributed by atoms with van der Waals surface area (Å²) in [5.74, 6) is -0.494. The van der Waals surface area contributed by atoms with Crippen molar-refractivity contribution >= 4 is 34.4 Å². The second-order valence-corrected chi connectivity index (χ2v) is 12.5. The molecule has 0 fully saturated rings. The number of hydrogen-bond acceptors (Lipinski definition) is 4. The Morgan fingerprint density at radius 2 is 1.60 bits per heavy atom. The summed E-state index contributed by atoms with van der Waals surface area (Å²) in [6.07, 6.45) is 1.30. The van der Waals surface area contributed by atoms with Gasteiger partial charge in [-0.25, -0.2) is 4.79 Å². The number of ether oxygens (including phenoxy) is 1. The van der Waals surface area contributed by atoms with Crippen LogP contribution in [-0.2, 0) is 14.3 Å². The van der Waals surface area contributed by atoms with Crippen LogP contribution in [-0.4, -0.2) is 41.0 Å². The van der Waals surface area contributed by atoms with Crippen molar-refractivity contribution in [1.29, 1.82) is 0 Å². The first-order valence-corrected chi connectivity index (χ1v) is 15.0. The molecule has 0 heterocycles. The van der Waals surface area contributed by atoms with E-state index in [1.807, 2.05) is 95.3 Å². The fourth-order valence-corrected chi connectivity index (χ4v) is 4.92. The number of hydrogen-bond donors (Lipinski definition) is 2. The van der Waals surface area contributed by atoms with Crippen molar-refractivity contribution in [3.05, 3.63) is 77.4 Å². The third-order valence-electron chi connectivity index (χ3n) is 7.16. The van der Waals surface area contributed by atoms with Crippen LogP contribution in [0.2, 0.25) is 0 Å². The highest BCUT2D eigenvalue weighted by Gasteiger charge is 2.36. The number of alkyl carbamates (subject to hydrolysis) is 1. The maximum Gasteiger partial charge on any atom is 0.408 e. The fraction of sp³-hybridized carbons (Fsp3) is 0.457. The van der Waals surface area contributed by atoms with E-state index >= 15 is 0 Å². The molecule has 2 atom stereocenters. The molecule has 7 heteroatoms. The fourth-order valence-electron chi connectivity index (χ4n) is 4.92. The smallest absolute Gasteiger partial charge is 0.408 e. The van der Waals surface area contributed by atoms with Crippen molar-refractivity contribution in [1.82, 2.24) is 10.2 Å². The van der Waals surface area contributed by atoms with Gasteiger partial charge in [0.15, 0.2) is 0 Å². The van der Waals surface area contributed by atoms with E-state index in [0.717, 1.165) is 33.9 Å². The van der Waals surface area contributed by atoms with Gasteiger partial charge in [-0.3, -0.25) is 9.59 Å². The van der Waals surface area contributed by atoms with E-state index in [1.165, 1.54) is 0 Å². The van der Waals surface area contributed by atoms with E-state index in [1.54, 1.807) is 25.7 Å². The molecule has 0 aliphatic carbocycles. The predicted octanol–water partition coefficient (Wildman–Crippen LogP) is 7.70. The van der Waals surface area contributed by atoms with Gasteiger partial charge in [0.2, 0.25) is 5.91 Å². The maximum atomic E-state index is 14.4. The van der Waals surface area contributed by atoms with Crippen LogP contribution in [0.25, 0.3) is 10.8 Å². The Morgan fingerprint density at radius 1 is 0.905 bits per heavy atom. The van der Waals surface area contributed by atoms with Gasteiger partial charge < -0.3 is 20.3 Å². The van der Waals surface area contributed by atoms with Gasteiger partial charge in [-0.1, -0.05) is 75.7 Å². The van der Waals surface area contributed by atoms with Crippen LogP contribution < -0.4 is 10.6 Å². The van der Waals surface area contributed by atoms with Gasteiger partial charge in [0.25, 0.3) is 5.91 Å². The van der Waals surface area contributed by atoms with Gasteiger partial charge >= 0.3 is 6.09 Å². The molecule has 0 bridgehead atoms. The Hall–Kier alpha value is -3.87. The van der Waals surface area contributed by atoms with Crippen LogP contribution in [0.4, 0.5) is 10.5 Å². The number of carbonyl (C=O) groups is 3. The lowest BCUT2D eigenvalue weighted by Crippen LogP contribution is -2.53. The topological polar surface area (TPSA) is 87.7 Å². The number of anilines is 1. The molecule has 226 valence electrons. The summed E-state index contributed by atoms with van der Waals surface area (Å²) in [5.41, 5.74) is 2.80. The molecule has 7 nitrogen and oxygen atoms in total. The van der Waals surface area contributed by atoms with E-state index in [2.05, 4.69) is 10.6 Å². The lowest BCUT2D eigenvalue weighted by Gasteiger charge is -2.35. The third kappa shape index (κ3) is 9.07. The SMILES string of the molecule is CCCCN(C(=O)C(CC(C)C)NC(=O)OC(C)(C)C)C(C(=O)Nc1ccc2ccccc2c1)c1ccc(C)c(C)c1. The molecule has 0 saturated heterocycles. The number of nitrogens with one attached hydrogen (secondary N) is 2. The molecule has 0 spiro atoms. The number of benzene rings is 3. The van der Waals surface area contributed by atoms with Crippen molar-refractivity contribution < 1.29 is 19.1 Å². The Bertz CT molecular complexity index is 1390. The quantitative estimate of drug-likeness (QED) is 0.246. The minimum absolute atomic E-state index is 0.119. The number of amides is 3. The molecule has 2 unspecified atom stereocenters. The van der Waals surface area contributed by atoms with Crippen molar-refractivity contribution in [2.24, 2.45) is 5.92 Å². The first kappa shape index (κ1) is 32.6. The molecule has 0 saturated carbocycles. The zero-order valence-electron chi connectivity index (χ0n) is 26.4. The molecule has 0 aromatic heterocycles. The summed E-state index contributed by atoms with van der Waals surface area (Å²) in [6, 6.07) is 17.9. The minimum Gasteiger partial charge on any atom is -0.444 e. The van der Waals surface area contributed by atoms with E-state index < -0.39 is 23.8 Å². The highest BCUT2D eigenvalue weighted by Crippen LogP contribution is 2.28. The second-order valence-electron chi connectivity index (χ2n) is 12.5. The normalized spacial score (nSPS) is 13.0. The predicted molar refractivity (Wildman–Crippen MR) is 170 cm³/mol. The summed E-state index contributed by atoms with van der Waals surface area (Å²) in [6.45, 7) is 15.8. The third-order valence-corrected chi connectivity index (χ3v) is 7.16. The molecular formula is C35H47N3O4. The zero-order valence-corrected chi connectivity index (χ0v) is 26.4. The van der Waals surface area contributed by atoms with Crippen LogP contribution >= 0.6 is 0 Å². The summed E-state index contributed by atoms with van der Waals surface area (Å²) in [4.78, 5) is 43.0. The molecule has 3 aromatic rings. The van der Waals surface area contributed by atoms with E-state index in [9.17, 15) is 14.4 Å². The van der Waals surface area contributed by atoms with Gasteiger partial charge in [-0.15, -0.1) is 0 Å². The number of nitrogens with zero attached hydrogens (tertiary/aromatic N) is 1. The Kier molecular flexibility index (Phi) is 11.1. The number of fused-ring (bicyclic) bond motifs is 1. The first-order chi connectivity index (χ1) is 19.8. The minimum atomic E-state index is -0.898. The molecule has 0 aliphatic rings. The number of unbranched alkanes of at least 4 members (excludes halogenated alkanes) is 1. The molecule has 3 aromatic carbocycles. The van der Waals surface area contributed by atoms with E-state index in [-0.39, 0.29) is 17.7 Å². The van der Waals surface area contributed by atoms with Gasteiger partial charge in [0, 0.05) is 12.2 Å². The molecule has 3 amide bonds. The number of carbonyl (C=O) groups excluding carboxylic acids is 3. The molecule has 3 rings (SSSR count). The Labute approximate surface area is 251 Å².